The first-order chi connectivity index (χ1) is 9.09. The Bertz CT molecular complexity index is 764. The molecule has 0 saturated heterocycles. The molecule has 4 nitrogen and oxygen atoms in total. The van der Waals surface area contributed by atoms with Gasteiger partial charge in [-0.3, -0.25) is 0 Å². The van der Waals surface area contributed by atoms with E-state index in [0.717, 1.165) is 22.2 Å². The van der Waals surface area contributed by atoms with Gasteiger partial charge in [0.05, 0.1) is 17.2 Å². The van der Waals surface area contributed by atoms with Crippen molar-refractivity contribution >= 4 is 33.5 Å². The fraction of sp³-hybridized carbons (Fsp3) is 0.286. The molecule has 0 saturated carbocycles. The molecule has 0 atom stereocenters. The van der Waals surface area contributed by atoms with Gasteiger partial charge in [0, 0.05) is 12.6 Å². The van der Waals surface area contributed by atoms with Crippen LogP contribution in [-0.2, 0) is 6.54 Å². The molecule has 0 amide bonds. The maximum atomic E-state index is 12.1. The minimum atomic E-state index is 0.135. The lowest BCUT2D eigenvalue weighted by Crippen LogP contribution is -2.29. The predicted octanol–water partition coefficient (Wildman–Crippen LogP) is 3.13. The van der Waals surface area contributed by atoms with Crippen LogP contribution in [0.25, 0.3) is 21.9 Å². The molecule has 0 fully saturated rings. The number of aromatic nitrogens is 3. The summed E-state index contributed by atoms with van der Waals surface area (Å²) in [5, 5.41) is 13.1. The monoisotopic (exact) mass is 275 g/mol. The summed E-state index contributed by atoms with van der Waals surface area (Å²) < 4.78 is 2.81. The molecule has 1 aromatic carbocycles. The average molecular weight is 276 g/mol. The van der Waals surface area contributed by atoms with Gasteiger partial charge in [0.25, 0.3) is 0 Å². The van der Waals surface area contributed by atoms with Gasteiger partial charge in [-0.15, -0.1) is 0 Å². The maximum Gasteiger partial charge on any atom is 0.315 e. The fourth-order valence-corrected chi connectivity index (χ4v) is 2.63. The van der Waals surface area contributed by atoms with Crippen LogP contribution in [0.15, 0.2) is 30.6 Å². The maximum absolute atomic E-state index is 12.1. The van der Waals surface area contributed by atoms with Crippen molar-refractivity contribution in [1.82, 2.24) is 9.55 Å². The van der Waals surface area contributed by atoms with E-state index in [1.54, 1.807) is 12.4 Å². The van der Waals surface area contributed by atoms with Crippen LogP contribution >= 0.6 is 11.6 Å². The van der Waals surface area contributed by atoms with E-state index in [1.807, 2.05) is 18.2 Å². The molecule has 19 heavy (non-hydrogen) atoms. The molecular formula is C14H14ClN3O. The number of halogens is 1. The van der Waals surface area contributed by atoms with Crippen LogP contribution < -0.4 is 4.73 Å². The number of imidazole rings is 1. The number of hydrogen-bond donors (Lipinski definition) is 0. The summed E-state index contributed by atoms with van der Waals surface area (Å²) in [6.07, 6.45) is 1.75. The highest BCUT2D eigenvalue weighted by atomic mass is 35.5. The molecule has 3 rings (SSSR count). The van der Waals surface area contributed by atoms with Gasteiger partial charge in [-0.05, 0) is 23.6 Å². The molecule has 0 radical (unpaired) electrons. The normalized spacial score (nSPS) is 11.8. The Kier molecular flexibility index (Phi) is 2.82. The first-order valence-electron chi connectivity index (χ1n) is 6.24. The van der Waals surface area contributed by atoms with Crippen molar-refractivity contribution in [3.63, 3.8) is 0 Å². The average Bonchev–Trinajstić information content (AvgIpc) is 2.79. The van der Waals surface area contributed by atoms with Crippen LogP contribution in [0.4, 0.5) is 0 Å². The standard InChI is InChI=1S/C14H14ClN3O/c1-9(2)7-17-8-16-12-13(17)10-5-3-4-6-11(10)18(19)14(12)15/h3-6,8-9H,7H2,1-2H3. The number of fused-ring (bicyclic) bond motifs is 3. The summed E-state index contributed by atoms with van der Waals surface area (Å²) >= 11 is 6.13. The molecule has 0 aliphatic heterocycles. The third kappa shape index (κ3) is 1.83. The Labute approximate surface area is 115 Å². The molecular weight excluding hydrogens is 262 g/mol. The van der Waals surface area contributed by atoms with Crippen LogP contribution in [-0.4, -0.2) is 9.55 Å². The van der Waals surface area contributed by atoms with Crippen molar-refractivity contribution in [1.29, 1.82) is 0 Å². The molecule has 0 aliphatic rings. The fourth-order valence-electron chi connectivity index (χ4n) is 2.40. The number of pyridine rings is 1. The molecule has 0 N–H and O–H groups in total. The van der Waals surface area contributed by atoms with E-state index in [-0.39, 0.29) is 5.15 Å². The molecule has 3 aromatic rings. The first-order valence-corrected chi connectivity index (χ1v) is 6.62. The van der Waals surface area contributed by atoms with Crippen molar-refractivity contribution in [2.45, 2.75) is 20.4 Å². The molecule has 98 valence electrons. The van der Waals surface area contributed by atoms with E-state index in [9.17, 15) is 5.21 Å². The smallest absolute Gasteiger partial charge is 0.315 e. The third-order valence-electron chi connectivity index (χ3n) is 3.15. The van der Waals surface area contributed by atoms with E-state index in [2.05, 4.69) is 23.4 Å². The van der Waals surface area contributed by atoms with Gasteiger partial charge in [-0.1, -0.05) is 26.0 Å². The van der Waals surface area contributed by atoms with Crippen LogP contribution in [0.2, 0.25) is 5.15 Å². The van der Waals surface area contributed by atoms with Crippen molar-refractivity contribution < 1.29 is 4.73 Å². The summed E-state index contributed by atoms with van der Waals surface area (Å²) in [7, 11) is 0. The van der Waals surface area contributed by atoms with Crippen LogP contribution in [0.5, 0.6) is 0 Å². The van der Waals surface area contributed by atoms with Crippen molar-refractivity contribution in [3.05, 3.63) is 41.0 Å². The molecule has 2 heterocycles. The van der Waals surface area contributed by atoms with Crippen molar-refractivity contribution in [2.24, 2.45) is 5.92 Å². The second-order valence-electron chi connectivity index (χ2n) is 5.09. The van der Waals surface area contributed by atoms with Gasteiger partial charge in [0.2, 0.25) is 5.52 Å². The Morgan fingerprint density at radius 1 is 1.37 bits per heavy atom. The van der Waals surface area contributed by atoms with E-state index < -0.39 is 0 Å². The van der Waals surface area contributed by atoms with E-state index in [1.165, 1.54) is 0 Å². The predicted molar refractivity (Wildman–Crippen MR) is 76.0 cm³/mol. The minimum Gasteiger partial charge on any atom is -0.617 e. The Morgan fingerprint density at radius 3 is 2.84 bits per heavy atom. The number of hydrogen-bond acceptors (Lipinski definition) is 2. The lowest BCUT2D eigenvalue weighted by atomic mass is 10.1. The van der Waals surface area contributed by atoms with E-state index in [0.29, 0.717) is 17.0 Å². The Balaban J connectivity index is 2.45. The van der Waals surface area contributed by atoms with E-state index in [4.69, 9.17) is 11.6 Å². The third-order valence-corrected chi connectivity index (χ3v) is 3.48. The quantitative estimate of drug-likeness (QED) is 0.410. The SMILES string of the molecule is CC(C)Cn1cnc2c(Cl)[n+]([O-])c3ccccc3c21. The molecule has 5 heteroatoms. The van der Waals surface area contributed by atoms with Crippen molar-refractivity contribution in [2.75, 3.05) is 0 Å². The first kappa shape index (κ1) is 12.2. The molecule has 0 unspecified atom stereocenters. The summed E-state index contributed by atoms with van der Waals surface area (Å²) in [6.45, 7) is 5.14. The largest absolute Gasteiger partial charge is 0.617 e. The summed E-state index contributed by atoms with van der Waals surface area (Å²) in [5.74, 6) is 0.495. The minimum absolute atomic E-state index is 0.135. The van der Waals surface area contributed by atoms with Gasteiger partial charge in [-0.2, -0.15) is 4.73 Å². The molecule has 0 spiro atoms. The number of nitrogens with zero attached hydrogens (tertiary/aromatic N) is 3. The second kappa shape index (κ2) is 4.38. The van der Waals surface area contributed by atoms with Crippen LogP contribution in [0, 0.1) is 11.1 Å². The number of para-hydroxylation sites is 1. The van der Waals surface area contributed by atoms with Crippen LogP contribution in [0.1, 0.15) is 13.8 Å². The lowest BCUT2D eigenvalue weighted by Gasteiger charge is -2.10. The molecule has 0 aliphatic carbocycles. The zero-order valence-electron chi connectivity index (χ0n) is 10.8. The summed E-state index contributed by atoms with van der Waals surface area (Å²) in [5.41, 5.74) is 2.07. The van der Waals surface area contributed by atoms with E-state index >= 15 is 0 Å². The highest BCUT2D eigenvalue weighted by Gasteiger charge is 2.20. The number of benzene rings is 1. The number of rotatable bonds is 2. The topological polar surface area (TPSA) is 44.8 Å². The van der Waals surface area contributed by atoms with Gasteiger partial charge < -0.3 is 9.77 Å². The summed E-state index contributed by atoms with van der Waals surface area (Å²) in [6, 6.07) is 7.46. The van der Waals surface area contributed by atoms with Crippen molar-refractivity contribution in [3.8, 4) is 0 Å². The second-order valence-corrected chi connectivity index (χ2v) is 5.45. The molecule has 0 bridgehead atoms. The highest BCUT2D eigenvalue weighted by molar-refractivity contribution is 6.33. The Morgan fingerprint density at radius 2 is 2.11 bits per heavy atom. The zero-order valence-corrected chi connectivity index (χ0v) is 11.6. The Hall–Kier alpha value is -1.81. The zero-order chi connectivity index (χ0) is 13.6. The van der Waals surface area contributed by atoms with Gasteiger partial charge in [0.1, 0.15) is 0 Å². The van der Waals surface area contributed by atoms with Gasteiger partial charge in [-0.25, -0.2) is 4.98 Å². The highest BCUT2D eigenvalue weighted by Crippen LogP contribution is 2.27. The van der Waals surface area contributed by atoms with Crippen LogP contribution in [0.3, 0.4) is 0 Å². The van der Waals surface area contributed by atoms with Gasteiger partial charge >= 0.3 is 5.15 Å². The lowest BCUT2D eigenvalue weighted by molar-refractivity contribution is -0.573. The molecule has 2 aromatic heterocycles. The summed E-state index contributed by atoms with van der Waals surface area (Å²) in [4.78, 5) is 4.29. The van der Waals surface area contributed by atoms with Gasteiger partial charge in [0.15, 0.2) is 5.52 Å².